The van der Waals surface area contributed by atoms with E-state index in [1.807, 2.05) is 0 Å². The number of nitrogens with one attached hydrogen (secondary N) is 1. The number of aliphatic carboxylic acids is 1. The average molecular weight is 326 g/mol. The summed E-state index contributed by atoms with van der Waals surface area (Å²) in [7, 11) is -3.31. The number of amides is 1. The lowest BCUT2D eigenvalue weighted by Crippen LogP contribution is -2.34. The van der Waals surface area contributed by atoms with Crippen molar-refractivity contribution in [3.8, 4) is 0 Å². The Morgan fingerprint density at radius 3 is 2.68 bits per heavy atom. The number of carbonyl (C=O) groups excluding carboxylic acids is 1. The molecule has 7 nitrogen and oxygen atoms in total. The van der Waals surface area contributed by atoms with Gasteiger partial charge in [0.15, 0.2) is 0 Å². The van der Waals surface area contributed by atoms with Crippen LogP contribution in [-0.2, 0) is 21.2 Å². The van der Waals surface area contributed by atoms with E-state index in [2.05, 4.69) is 5.32 Å². The number of benzene rings is 1. The van der Waals surface area contributed by atoms with Crippen molar-refractivity contribution in [2.24, 2.45) is 0 Å². The minimum atomic E-state index is -3.31. The fourth-order valence-corrected chi connectivity index (χ4v) is 3.44. The summed E-state index contributed by atoms with van der Waals surface area (Å²) < 4.78 is 24.6. The van der Waals surface area contributed by atoms with Gasteiger partial charge in [-0.1, -0.05) is 0 Å². The minimum absolute atomic E-state index is 0.154. The minimum Gasteiger partial charge on any atom is -0.481 e. The second-order valence-corrected chi connectivity index (χ2v) is 7.31. The lowest BCUT2D eigenvalue weighted by atomic mass is 10.1. The number of rotatable bonds is 5. The molecule has 1 aromatic rings. The van der Waals surface area contributed by atoms with Gasteiger partial charge in [-0.15, -0.1) is 0 Å². The Bertz CT molecular complexity index is 714. The summed E-state index contributed by atoms with van der Waals surface area (Å²) in [6, 6.07) is 4.33. The molecule has 0 spiro atoms. The van der Waals surface area contributed by atoms with Crippen molar-refractivity contribution in [1.82, 2.24) is 5.32 Å². The van der Waals surface area contributed by atoms with E-state index in [9.17, 15) is 18.0 Å². The first-order valence-corrected chi connectivity index (χ1v) is 8.66. The van der Waals surface area contributed by atoms with Crippen LogP contribution in [0.1, 0.15) is 29.3 Å². The number of sulfonamides is 1. The van der Waals surface area contributed by atoms with Gasteiger partial charge in [0.1, 0.15) is 0 Å². The zero-order valence-electron chi connectivity index (χ0n) is 12.4. The van der Waals surface area contributed by atoms with Crippen molar-refractivity contribution in [1.29, 1.82) is 0 Å². The van der Waals surface area contributed by atoms with Crippen molar-refractivity contribution >= 4 is 27.6 Å². The van der Waals surface area contributed by atoms with Gasteiger partial charge in [0.2, 0.25) is 10.0 Å². The third-order valence-corrected chi connectivity index (χ3v) is 4.63. The number of carboxylic acid groups (broad SMARTS) is 1. The van der Waals surface area contributed by atoms with Crippen LogP contribution in [0.2, 0.25) is 0 Å². The molecule has 0 radical (unpaired) electrons. The summed E-state index contributed by atoms with van der Waals surface area (Å²) in [4.78, 5) is 22.7. The number of carbonyl (C=O) groups is 2. The van der Waals surface area contributed by atoms with Gasteiger partial charge < -0.3 is 10.4 Å². The maximum atomic E-state index is 12.1. The van der Waals surface area contributed by atoms with Crippen LogP contribution in [-0.4, -0.2) is 44.2 Å². The van der Waals surface area contributed by atoms with E-state index in [0.717, 1.165) is 11.8 Å². The number of nitrogens with zero attached hydrogens (tertiary/aromatic N) is 1. The first-order chi connectivity index (χ1) is 10.2. The Labute approximate surface area is 129 Å². The lowest BCUT2D eigenvalue weighted by molar-refractivity contribution is -0.137. The summed E-state index contributed by atoms with van der Waals surface area (Å²) in [5.74, 6) is -1.35. The molecule has 22 heavy (non-hydrogen) atoms. The standard InChI is InChI=1S/C14H18N2O5S/c1-9(7-13(17)18)15-14(19)11-3-4-12-10(8-11)5-6-16(12)22(2,20)21/h3-4,8-9H,5-7H2,1-2H3,(H,15,19)(H,17,18). The number of hydrogen-bond donors (Lipinski definition) is 2. The topological polar surface area (TPSA) is 104 Å². The molecular formula is C14H18N2O5S. The molecule has 0 aromatic heterocycles. The summed E-state index contributed by atoms with van der Waals surface area (Å²) in [6.45, 7) is 1.99. The van der Waals surface area contributed by atoms with Crippen molar-refractivity contribution in [3.05, 3.63) is 29.3 Å². The molecule has 0 saturated carbocycles. The normalized spacial score (nSPS) is 15.3. The largest absolute Gasteiger partial charge is 0.481 e. The lowest BCUT2D eigenvalue weighted by Gasteiger charge is -2.17. The molecule has 1 aliphatic heterocycles. The van der Waals surface area contributed by atoms with Crippen LogP contribution in [0.15, 0.2) is 18.2 Å². The Morgan fingerprint density at radius 1 is 1.41 bits per heavy atom. The molecule has 1 aromatic carbocycles. The maximum Gasteiger partial charge on any atom is 0.305 e. The highest BCUT2D eigenvalue weighted by Crippen LogP contribution is 2.30. The molecule has 1 amide bonds. The zero-order valence-corrected chi connectivity index (χ0v) is 13.2. The average Bonchev–Trinajstić information content (AvgIpc) is 2.79. The molecule has 1 atom stereocenters. The van der Waals surface area contributed by atoms with Gasteiger partial charge in [-0.2, -0.15) is 0 Å². The number of hydrogen-bond acceptors (Lipinski definition) is 4. The van der Waals surface area contributed by atoms with Gasteiger partial charge >= 0.3 is 5.97 Å². The van der Waals surface area contributed by atoms with E-state index in [-0.39, 0.29) is 12.3 Å². The van der Waals surface area contributed by atoms with Crippen molar-refractivity contribution in [2.45, 2.75) is 25.8 Å². The van der Waals surface area contributed by atoms with Crippen LogP contribution in [0.5, 0.6) is 0 Å². The van der Waals surface area contributed by atoms with Crippen LogP contribution in [0.4, 0.5) is 5.69 Å². The monoisotopic (exact) mass is 326 g/mol. The third kappa shape index (κ3) is 3.56. The van der Waals surface area contributed by atoms with E-state index in [1.54, 1.807) is 25.1 Å². The van der Waals surface area contributed by atoms with Gasteiger partial charge in [0.05, 0.1) is 18.4 Å². The predicted octanol–water partition coefficient (Wildman–Crippen LogP) is 0.602. The van der Waals surface area contributed by atoms with Crippen molar-refractivity contribution in [2.75, 3.05) is 17.1 Å². The molecule has 0 aliphatic carbocycles. The summed E-state index contributed by atoms with van der Waals surface area (Å²) in [6.07, 6.45) is 1.54. The number of carboxylic acids is 1. The Kier molecular flexibility index (Phi) is 4.41. The Balaban J connectivity index is 2.16. The third-order valence-electron chi connectivity index (χ3n) is 3.45. The Morgan fingerprint density at radius 2 is 2.09 bits per heavy atom. The van der Waals surface area contributed by atoms with Crippen LogP contribution in [0, 0.1) is 0 Å². The molecule has 2 N–H and O–H groups in total. The van der Waals surface area contributed by atoms with E-state index >= 15 is 0 Å². The van der Waals surface area contributed by atoms with Crippen molar-refractivity contribution in [3.63, 3.8) is 0 Å². The fraction of sp³-hybridized carbons (Fsp3) is 0.429. The smallest absolute Gasteiger partial charge is 0.305 e. The van der Waals surface area contributed by atoms with Gasteiger partial charge in [-0.05, 0) is 37.1 Å². The van der Waals surface area contributed by atoms with E-state index < -0.39 is 22.0 Å². The van der Waals surface area contributed by atoms with Gasteiger partial charge in [0.25, 0.3) is 5.91 Å². The molecule has 0 saturated heterocycles. The first kappa shape index (κ1) is 16.3. The van der Waals surface area contributed by atoms with Crippen LogP contribution >= 0.6 is 0 Å². The van der Waals surface area contributed by atoms with Crippen molar-refractivity contribution < 1.29 is 23.1 Å². The summed E-state index contributed by atoms with van der Waals surface area (Å²) >= 11 is 0. The first-order valence-electron chi connectivity index (χ1n) is 6.82. The maximum absolute atomic E-state index is 12.1. The fourth-order valence-electron chi connectivity index (χ4n) is 2.48. The molecule has 1 heterocycles. The highest BCUT2D eigenvalue weighted by molar-refractivity contribution is 7.92. The SMILES string of the molecule is CC(CC(=O)O)NC(=O)c1ccc2c(c1)CCN2S(C)(=O)=O. The molecule has 1 aliphatic rings. The van der Waals surface area contributed by atoms with Gasteiger partial charge in [-0.25, -0.2) is 8.42 Å². The highest BCUT2D eigenvalue weighted by atomic mass is 32.2. The molecule has 1 unspecified atom stereocenters. The Hall–Kier alpha value is -2.09. The molecule has 8 heteroatoms. The zero-order chi connectivity index (χ0) is 16.5. The second-order valence-electron chi connectivity index (χ2n) is 5.40. The second kappa shape index (κ2) is 5.96. The van der Waals surface area contributed by atoms with E-state index in [4.69, 9.17) is 5.11 Å². The molecule has 2 rings (SSSR count). The van der Waals surface area contributed by atoms with E-state index in [0.29, 0.717) is 24.2 Å². The van der Waals surface area contributed by atoms with Gasteiger partial charge in [0, 0.05) is 18.2 Å². The van der Waals surface area contributed by atoms with Gasteiger partial charge in [-0.3, -0.25) is 13.9 Å². The highest BCUT2D eigenvalue weighted by Gasteiger charge is 2.26. The van der Waals surface area contributed by atoms with Crippen LogP contribution in [0.25, 0.3) is 0 Å². The van der Waals surface area contributed by atoms with E-state index in [1.165, 1.54) is 4.31 Å². The predicted molar refractivity (Wildman–Crippen MR) is 81.5 cm³/mol. The number of fused-ring (bicyclic) bond motifs is 1. The molecule has 0 fully saturated rings. The quantitative estimate of drug-likeness (QED) is 0.825. The number of anilines is 1. The molecular weight excluding hydrogens is 308 g/mol. The van der Waals surface area contributed by atoms with Crippen LogP contribution in [0.3, 0.4) is 0 Å². The summed E-state index contributed by atoms with van der Waals surface area (Å²) in [5.41, 5.74) is 1.79. The molecule has 120 valence electrons. The summed E-state index contributed by atoms with van der Waals surface area (Å²) in [5, 5.41) is 11.3. The van der Waals surface area contributed by atoms with Crippen LogP contribution < -0.4 is 9.62 Å². The molecule has 0 bridgehead atoms.